The number of benzene rings is 2. The summed E-state index contributed by atoms with van der Waals surface area (Å²) in [7, 11) is 0. The van der Waals surface area contributed by atoms with Crippen molar-refractivity contribution in [2.75, 3.05) is 6.61 Å². The van der Waals surface area contributed by atoms with Gasteiger partial charge in [-0.05, 0) is 36.1 Å². The van der Waals surface area contributed by atoms with Gasteiger partial charge in [0.2, 0.25) is 0 Å². The Bertz CT molecular complexity index is 830. The van der Waals surface area contributed by atoms with Crippen LogP contribution in [0.15, 0.2) is 36.4 Å². The summed E-state index contributed by atoms with van der Waals surface area (Å²) < 4.78 is 20.7. The quantitative estimate of drug-likeness (QED) is 0.723. The monoisotopic (exact) mass is 371 g/mol. The molecule has 2 aromatic rings. The van der Waals surface area contributed by atoms with Crippen LogP contribution in [0, 0.1) is 11.2 Å². The third kappa shape index (κ3) is 4.07. The van der Waals surface area contributed by atoms with E-state index in [1.807, 2.05) is 38.1 Å². The molecule has 1 heterocycles. The van der Waals surface area contributed by atoms with Gasteiger partial charge in [-0.3, -0.25) is 0 Å². The van der Waals surface area contributed by atoms with Gasteiger partial charge in [-0.2, -0.15) is 0 Å². The van der Waals surface area contributed by atoms with Crippen LogP contribution >= 0.6 is 0 Å². The zero-order valence-corrected chi connectivity index (χ0v) is 16.0. The number of carbonyl (C=O) groups is 1. The lowest BCUT2D eigenvalue weighted by Gasteiger charge is -2.39. The summed E-state index contributed by atoms with van der Waals surface area (Å²) in [6.45, 7) is 6.31. The van der Waals surface area contributed by atoms with E-state index in [9.17, 15) is 9.18 Å². The van der Waals surface area contributed by atoms with E-state index >= 15 is 0 Å². The maximum Gasteiger partial charge on any atom is 0.405 e. The van der Waals surface area contributed by atoms with Crippen LogP contribution in [0.3, 0.4) is 0 Å². The molecule has 3 rings (SSSR count). The molecule has 1 unspecified atom stereocenters. The summed E-state index contributed by atoms with van der Waals surface area (Å²) in [5.41, 5.74) is 2.55. The van der Waals surface area contributed by atoms with Crippen LogP contribution in [0.2, 0.25) is 0 Å². The molecule has 2 N–H and O–H groups in total. The molecule has 0 bridgehead atoms. The van der Waals surface area contributed by atoms with E-state index in [1.54, 1.807) is 6.07 Å². The largest absolute Gasteiger partial charge is 0.493 e. The van der Waals surface area contributed by atoms with Gasteiger partial charge in [-0.15, -0.1) is 0 Å². The van der Waals surface area contributed by atoms with E-state index in [-0.39, 0.29) is 5.82 Å². The number of fused-ring (bicyclic) bond motifs is 1. The van der Waals surface area contributed by atoms with Crippen molar-refractivity contribution >= 4 is 6.09 Å². The summed E-state index contributed by atoms with van der Waals surface area (Å²) >= 11 is 0. The lowest BCUT2D eigenvalue weighted by Crippen LogP contribution is -2.43. The van der Waals surface area contributed by atoms with Gasteiger partial charge in [-0.25, -0.2) is 9.18 Å². The molecule has 0 fully saturated rings. The summed E-state index contributed by atoms with van der Waals surface area (Å²) in [4.78, 5) is 11.2. The predicted octanol–water partition coefficient (Wildman–Crippen LogP) is 5.56. The highest BCUT2D eigenvalue weighted by Gasteiger charge is 2.39. The molecule has 0 radical (unpaired) electrons. The Balaban J connectivity index is 1.95. The van der Waals surface area contributed by atoms with Crippen molar-refractivity contribution in [2.24, 2.45) is 5.41 Å². The first-order chi connectivity index (χ1) is 12.8. The first kappa shape index (κ1) is 19.2. The molecular formula is C22H26FNO3. The lowest BCUT2D eigenvalue weighted by atomic mass is 9.78. The molecule has 2 aromatic carbocycles. The fourth-order valence-corrected chi connectivity index (χ4v) is 3.54. The van der Waals surface area contributed by atoms with Crippen LogP contribution in [0.4, 0.5) is 9.18 Å². The van der Waals surface area contributed by atoms with Crippen LogP contribution in [0.25, 0.3) is 11.1 Å². The van der Waals surface area contributed by atoms with E-state index in [4.69, 9.17) is 9.84 Å². The van der Waals surface area contributed by atoms with Gasteiger partial charge in [0.25, 0.3) is 0 Å². The van der Waals surface area contributed by atoms with Gasteiger partial charge < -0.3 is 15.2 Å². The fraction of sp³-hybridized carbons (Fsp3) is 0.409. The highest BCUT2D eigenvalue weighted by Crippen LogP contribution is 2.44. The Morgan fingerprint density at radius 3 is 2.63 bits per heavy atom. The summed E-state index contributed by atoms with van der Waals surface area (Å²) in [6.07, 6.45) is 2.16. The molecule has 0 saturated heterocycles. The molecular weight excluding hydrogens is 345 g/mol. The number of nitrogens with one attached hydrogen (secondary N) is 1. The van der Waals surface area contributed by atoms with Crippen LogP contribution in [0.1, 0.15) is 50.8 Å². The van der Waals surface area contributed by atoms with Gasteiger partial charge in [0.15, 0.2) is 0 Å². The second-order valence-corrected chi connectivity index (χ2v) is 7.83. The second kappa shape index (κ2) is 7.59. The Hall–Kier alpha value is -2.56. The Kier molecular flexibility index (Phi) is 5.40. The number of hydrogen-bond donors (Lipinski definition) is 2. The maximum absolute atomic E-state index is 14.9. The van der Waals surface area contributed by atoms with Crippen LogP contribution in [-0.2, 0) is 6.42 Å². The van der Waals surface area contributed by atoms with E-state index in [2.05, 4.69) is 12.2 Å². The SMILES string of the molecule is CCCCc1ccc(-c2cc3c(cc2F)C(NC(=O)O)C(C)(C)CO3)cc1. The number of amides is 1. The number of rotatable bonds is 5. The van der Waals surface area contributed by atoms with Crippen molar-refractivity contribution < 1.29 is 19.0 Å². The molecule has 1 aliphatic heterocycles. The zero-order chi connectivity index (χ0) is 19.6. The second-order valence-electron chi connectivity index (χ2n) is 7.83. The van der Waals surface area contributed by atoms with Crippen molar-refractivity contribution in [1.82, 2.24) is 5.32 Å². The third-order valence-corrected chi connectivity index (χ3v) is 5.14. The molecule has 0 saturated carbocycles. The average molecular weight is 371 g/mol. The zero-order valence-electron chi connectivity index (χ0n) is 16.0. The molecule has 5 heteroatoms. The number of carboxylic acid groups (broad SMARTS) is 1. The molecule has 0 aromatic heterocycles. The van der Waals surface area contributed by atoms with E-state index < -0.39 is 17.6 Å². The van der Waals surface area contributed by atoms with Crippen molar-refractivity contribution in [3.05, 3.63) is 53.3 Å². The minimum atomic E-state index is -1.13. The number of aryl methyl sites for hydroxylation is 1. The molecule has 0 spiro atoms. The van der Waals surface area contributed by atoms with Gasteiger partial charge in [-0.1, -0.05) is 51.5 Å². The number of ether oxygens (including phenoxy) is 1. The Morgan fingerprint density at radius 1 is 1.30 bits per heavy atom. The first-order valence-corrected chi connectivity index (χ1v) is 9.37. The Morgan fingerprint density at radius 2 is 2.00 bits per heavy atom. The average Bonchev–Trinajstić information content (AvgIpc) is 2.62. The van der Waals surface area contributed by atoms with Gasteiger partial charge in [0, 0.05) is 16.5 Å². The number of unbranched alkanes of at least 4 members (excludes halogenated alkanes) is 1. The molecule has 4 nitrogen and oxygen atoms in total. The minimum Gasteiger partial charge on any atom is -0.493 e. The van der Waals surface area contributed by atoms with Crippen LogP contribution in [-0.4, -0.2) is 17.8 Å². The van der Waals surface area contributed by atoms with Gasteiger partial charge in [0.1, 0.15) is 11.6 Å². The van der Waals surface area contributed by atoms with Gasteiger partial charge >= 0.3 is 6.09 Å². The minimum absolute atomic E-state index is 0.353. The van der Waals surface area contributed by atoms with Crippen molar-refractivity contribution in [2.45, 2.75) is 46.1 Å². The summed E-state index contributed by atoms with van der Waals surface area (Å²) in [5, 5.41) is 11.7. The maximum atomic E-state index is 14.9. The molecule has 144 valence electrons. The molecule has 27 heavy (non-hydrogen) atoms. The molecule has 0 aliphatic carbocycles. The van der Waals surface area contributed by atoms with Crippen molar-refractivity contribution in [3.63, 3.8) is 0 Å². The van der Waals surface area contributed by atoms with E-state index in [1.165, 1.54) is 11.6 Å². The van der Waals surface area contributed by atoms with Crippen LogP contribution < -0.4 is 10.1 Å². The van der Waals surface area contributed by atoms with Crippen LogP contribution in [0.5, 0.6) is 5.75 Å². The topological polar surface area (TPSA) is 58.6 Å². The highest BCUT2D eigenvalue weighted by atomic mass is 19.1. The third-order valence-electron chi connectivity index (χ3n) is 5.14. The van der Waals surface area contributed by atoms with E-state index in [0.717, 1.165) is 24.8 Å². The molecule has 1 atom stereocenters. The molecule has 1 amide bonds. The Labute approximate surface area is 159 Å². The fourth-order valence-electron chi connectivity index (χ4n) is 3.54. The summed E-state index contributed by atoms with van der Waals surface area (Å²) in [5.74, 6) is 0.146. The number of halogens is 1. The van der Waals surface area contributed by atoms with Crippen molar-refractivity contribution in [1.29, 1.82) is 0 Å². The predicted molar refractivity (Wildman–Crippen MR) is 104 cm³/mol. The standard InChI is InChI=1S/C22H26FNO3/c1-4-5-6-14-7-9-15(10-8-14)16-12-19-17(11-18(16)23)20(24-21(25)26)22(2,3)13-27-19/h7-12,20,24H,4-6,13H2,1-3H3,(H,25,26). The summed E-state index contributed by atoms with van der Waals surface area (Å²) in [6, 6.07) is 10.5. The smallest absolute Gasteiger partial charge is 0.405 e. The van der Waals surface area contributed by atoms with Gasteiger partial charge in [0.05, 0.1) is 12.6 Å². The first-order valence-electron chi connectivity index (χ1n) is 9.37. The lowest BCUT2D eigenvalue weighted by molar-refractivity contribution is 0.0992. The molecule has 1 aliphatic rings. The van der Waals surface area contributed by atoms with E-state index in [0.29, 0.717) is 23.5 Å². The van der Waals surface area contributed by atoms with Crippen molar-refractivity contribution in [3.8, 4) is 16.9 Å². The normalized spacial score (nSPS) is 17.7. The number of hydrogen-bond acceptors (Lipinski definition) is 2. The highest BCUT2D eigenvalue weighted by molar-refractivity contribution is 5.69.